The summed E-state index contributed by atoms with van der Waals surface area (Å²) in [4.78, 5) is 24.1. The van der Waals surface area contributed by atoms with Crippen molar-refractivity contribution in [3.05, 3.63) is 151 Å². The Labute approximate surface area is 266 Å². The van der Waals surface area contributed by atoms with Gasteiger partial charge in [0.15, 0.2) is 0 Å². The maximum atomic E-state index is 12.1. The van der Waals surface area contributed by atoms with Gasteiger partial charge in [0, 0.05) is 25.0 Å². The first-order chi connectivity index (χ1) is 21.9. The zero-order chi connectivity index (χ0) is 31.6. The number of benzene rings is 5. The lowest BCUT2D eigenvalue weighted by atomic mass is 9.96. The van der Waals surface area contributed by atoms with E-state index in [0.717, 1.165) is 30.1 Å². The quantitative estimate of drug-likeness (QED) is 0.0622. The molecule has 5 aromatic carbocycles. The highest BCUT2D eigenvalue weighted by molar-refractivity contribution is 7.95. The van der Waals surface area contributed by atoms with Crippen LogP contribution in [0.3, 0.4) is 0 Å². The summed E-state index contributed by atoms with van der Waals surface area (Å²) >= 11 is 0. The third-order valence-corrected chi connectivity index (χ3v) is 12.3. The van der Waals surface area contributed by atoms with Gasteiger partial charge in [-0.1, -0.05) is 72.8 Å². The van der Waals surface area contributed by atoms with Gasteiger partial charge in [-0.25, -0.2) is 0 Å². The van der Waals surface area contributed by atoms with E-state index in [9.17, 15) is 9.59 Å². The summed E-state index contributed by atoms with van der Waals surface area (Å²) in [6.45, 7) is 6.64. The molecule has 0 radical (unpaired) electrons. The van der Waals surface area contributed by atoms with Crippen LogP contribution in [0.1, 0.15) is 31.4 Å². The number of carbonyl (C=O) groups excluding carboxylic acids is 2. The molecule has 5 aromatic rings. The molecule has 45 heavy (non-hydrogen) atoms. The zero-order valence-electron chi connectivity index (χ0n) is 25.8. The Bertz CT molecular complexity index is 1670. The van der Waals surface area contributed by atoms with E-state index in [1.165, 1.54) is 29.8 Å². The molecule has 4 nitrogen and oxygen atoms in total. The number of aryl methyl sites for hydroxylation is 1. The highest BCUT2D eigenvalue weighted by Gasteiger charge is 2.44. The fourth-order valence-electron chi connectivity index (χ4n) is 5.91. The first kappa shape index (κ1) is 31.6. The molecule has 0 heterocycles. The molecule has 0 amide bonds. The van der Waals surface area contributed by atoms with Gasteiger partial charge in [0.25, 0.3) is 0 Å². The van der Waals surface area contributed by atoms with Gasteiger partial charge >= 0.3 is 11.9 Å². The first-order valence-corrected chi connectivity index (χ1v) is 17.2. The van der Waals surface area contributed by atoms with Crippen molar-refractivity contribution in [3.8, 4) is 22.6 Å². The number of esters is 2. The Morgan fingerprint density at radius 2 is 1.04 bits per heavy atom. The van der Waals surface area contributed by atoms with E-state index in [1.54, 1.807) is 6.07 Å². The second-order valence-corrected chi connectivity index (χ2v) is 14.6. The van der Waals surface area contributed by atoms with Crippen LogP contribution in [-0.2, 0) is 22.4 Å². The molecule has 0 saturated heterocycles. The van der Waals surface area contributed by atoms with E-state index in [2.05, 4.69) is 104 Å². The molecule has 0 aromatic heterocycles. The first-order valence-electron chi connectivity index (χ1n) is 15.2. The molecule has 0 atom stereocenters. The minimum atomic E-state index is -1.96. The van der Waals surface area contributed by atoms with Gasteiger partial charge in [0.1, 0.15) is 34.7 Å². The Kier molecular flexibility index (Phi) is 10.4. The van der Waals surface area contributed by atoms with Gasteiger partial charge in [-0.05, 0) is 91.1 Å². The van der Waals surface area contributed by atoms with Crippen molar-refractivity contribution in [2.75, 3.05) is 6.16 Å². The maximum absolute atomic E-state index is 12.1. The highest BCUT2D eigenvalue weighted by atomic mass is 31.2. The average Bonchev–Trinajstić information content (AvgIpc) is 3.05. The van der Waals surface area contributed by atoms with Crippen molar-refractivity contribution in [2.45, 2.75) is 33.1 Å². The summed E-state index contributed by atoms with van der Waals surface area (Å²) in [6, 6.07) is 44.3. The highest BCUT2D eigenvalue weighted by Crippen LogP contribution is 2.56. The number of hydrogen-bond donors (Lipinski definition) is 0. The molecule has 0 unspecified atom stereocenters. The largest absolute Gasteiger partial charge is 0.426 e. The maximum Gasteiger partial charge on any atom is 0.308 e. The number of carbonyl (C=O) groups is 2. The predicted molar refractivity (Wildman–Crippen MR) is 187 cm³/mol. The molecule has 0 aliphatic rings. The van der Waals surface area contributed by atoms with E-state index in [-0.39, 0.29) is 0 Å². The Morgan fingerprint density at radius 3 is 1.47 bits per heavy atom. The summed E-state index contributed by atoms with van der Waals surface area (Å²) in [5.41, 5.74) is 3.52. The molecule has 0 N–H and O–H groups in total. The Balaban J connectivity index is 1.55. The van der Waals surface area contributed by atoms with Crippen molar-refractivity contribution in [3.63, 3.8) is 0 Å². The lowest BCUT2D eigenvalue weighted by molar-refractivity contribution is -0.132. The average molecular weight is 614 g/mol. The monoisotopic (exact) mass is 613 g/mol. The van der Waals surface area contributed by atoms with Crippen LogP contribution in [0.4, 0.5) is 0 Å². The normalized spacial score (nSPS) is 11.1. The molecule has 0 fully saturated rings. The number of ether oxygens (including phenoxy) is 2. The van der Waals surface area contributed by atoms with Gasteiger partial charge in [0.05, 0.1) is 6.16 Å². The molecular weight excluding hydrogens is 575 g/mol. The summed E-state index contributed by atoms with van der Waals surface area (Å²) < 4.78 is 11.3. The standard InChI is InChI=1S/C40H38O4P/c1-4-15-32-23-25-39(43-30(2)41)37(28-32)38-29-33(24-26-40(38)44-31(3)42)16-14-27-45(34-17-8-5-9-18-34,35-19-10-6-11-20-35)36-21-12-7-13-22-36/h4-13,17-26,28-29H,1,14-16,27H2,2-3H3/q+1. The lowest BCUT2D eigenvalue weighted by Crippen LogP contribution is -2.33. The van der Waals surface area contributed by atoms with Crippen LogP contribution in [0.5, 0.6) is 11.5 Å². The molecule has 0 bridgehead atoms. The second kappa shape index (κ2) is 14.8. The topological polar surface area (TPSA) is 52.6 Å². The third kappa shape index (κ3) is 7.48. The van der Waals surface area contributed by atoms with E-state index >= 15 is 0 Å². The minimum Gasteiger partial charge on any atom is -0.426 e. The SMILES string of the molecule is C=CCc1ccc(OC(C)=O)c(-c2cc(CCC[P+](c3ccccc3)(c3ccccc3)c3ccccc3)ccc2OC(C)=O)c1. The molecular formula is C40H38O4P+. The van der Waals surface area contributed by atoms with E-state index in [0.29, 0.717) is 29.0 Å². The molecule has 0 saturated carbocycles. The van der Waals surface area contributed by atoms with Crippen LogP contribution < -0.4 is 25.4 Å². The summed E-state index contributed by atoms with van der Waals surface area (Å²) in [6.07, 6.45) is 5.22. The van der Waals surface area contributed by atoms with Crippen LogP contribution in [0.2, 0.25) is 0 Å². The van der Waals surface area contributed by atoms with Crippen LogP contribution in [0.15, 0.2) is 140 Å². The van der Waals surface area contributed by atoms with Gasteiger partial charge < -0.3 is 9.47 Å². The molecule has 226 valence electrons. The lowest BCUT2D eigenvalue weighted by Gasteiger charge is -2.27. The van der Waals surface area contributed by atoms with Crippen LogP contribution in [-0.4, -0.2) is 18.1 Å². The summed E-state index contributed by atoms with van der Waals surface area (Å²) in [5, 5.41) is 4.08. The predicted octanol–water partition coefficient (Wildman–Crippen LogP) is 7.86. The fourth-order valence-corrected chi connectivity index (χ4v) is 10.3. The van der Waals surface area contributed by atoms with Gasteiger partial charge in [-0.3, -0.25) is 9.59 Å². The second-order valence-electron chi connectivity index (χ2n) is 11.0. The van der Waals surface area contributed by atoms with E-state index in [4.69, 9.17) is 9.47 Å². The molecule has 0 spiro atoms. The minimum absolute atomic E-state index is 0.413. The van der Waals surface area contributed by atoms with Crippen molar-refractivity contribution in [1.82, 2.24) is 0 Å². The molecule has 0 aliphatic heterocycles. The van der Waals surface area contributed by atoms with Gasteiger partial charge in [-0.2, -0.15) is 0 Å². The third-order valence-electron chi connectivity index (χ3n) is 7.82. The van der Waals surface area contributed by atoms with Gasteiger partial charge in [-0.15, -0.1) is 6.58 Å². The van der Waals surface area contributed by atoms with Crippen LogP contribution >= 0.6 is 7.26 Å². The molecule has 5 rings (SSSR count). The number of allylic oxidation sites excluding steroid dienone is 1. The van der Waals surface area contributed by atoms with Crippen LogP contribution in [0, 0.1) is 0 Å². The van der Waals surface area contributed by atoms with Gasteiger partial charge in [0.2, 0.25) is 0 Å². The van der Waals surface area contributed by atoms with Crippen LogP contribution in [0.25, 0.3) is 11.1 Å². The smallest absolute Gasteiger partial charge is 0.308 e. The summed E-state index contributed by atoms with van der Waals surface area (Å²) in [7, 11) is -1.96. The van der Waals surface area contributed by atoms with Crippen molar-refractivity contribution < 1.29 is 19.1 Å². The van der Waals surface area contributed by atoms with Crippen molar-refractivity contribution in [1.29, 1.82) is 0 Å². The van der Waals surface area contributed by atoms with Crippen molar-refractivity contribution in [2.24, 2.45) is 0 Å². The Hall–Kier alpha value is -4.79. The van der Waals surface area contributed by atoms with Crippen molar-refractivity contribution >= 4 is 35.1 Å². The Morgan fingerprint density at radius 1 is 0.622 bits per heavy atom. The number of rotatable bonds is 12. The van der Waals surface area contributed by atoms with E-state index in [1.807, 2.05) is 30.3 Å². The van der Waals surface area contributed by atoms with E-state index < -0.39 is 19.2 Å². The fraction of sp³-hybridized carbons (Fsp3) is 0.150. The zero-order valence-corrected chi connectivity index (χ0v) is 26.7. The molecule has 0 aliphatic carbocycles. The summed E-state index contributed by atoms with van der Waals surface area (Å²) in [5.74, 6) is 0.0163. The number of hydrogen-bond acceptors (Lipinski definition) is 4. The molecule has 5 heteroatoms.